The Kier molecular flexibility index (Phi) is 4.06. The van der Waals surface area contributed by atoms with Crippen molar-refractivity contribution in [3.8, 4) is 0 Å². The van der Waals surface area contributed by atoms with Crippen molar-refractivity contribution in [3.05, 3.63) is 35.9 Å². The highest BCUT2D eigenvalue weighted by molar-refractivity contribution is 5.72. The van der Waals surface area contributed by atoms with Gasteiger partial charge in [0.1, 0.15) is 0 Å². The molecule has 0 radical (unpaired) electrons. The molecule has 2 heterocycles. The quantitative estimate of drug-likeness (QED) is 0.793. The summed E-state index contributed by atoms with van der Waals surface area (Å²) < 4.78 is 4.95. The first-order chi connectivity index (χ1) is 9.78. The van der Waals surface area contributed by atoms with Gasteiger partial charge in [-0.25, -0.2) is 0 Å². The maximum atomic E-state index is 11.8. The van der Waals surface area contributed by atoms with Gasteiger partial charge in [0.05, 0.1) is 13.0 Å². The second kappa shape index (κ2) is 5.96. The number of carbonyl (C=O) groups is 1. The first kappa shape index (κ1) is 13.6. The number of hydrogen-bond acceptors (Lipinski definition) is 3. The van der Waals surface area contributed by atoms with E-state index in [9.17, 15) is 4.79 Å². The van der Waals surface area contributed by atoms with Crippen molar-refractivity contribution in [2.75, 3.05) is 7.11 Å². The van der Waals surface area contributed by atoms with Crippen LogP contribution in [0.15, 0.2) is 30.3 Å². The van der Waals surface area contributed by atoms with Crippen LogP contribution < -0.4 is 0 Å². The van der Waals surface area contributed by atoms with Gasteiger partial charge in [-0.2, -0.15) is 0 Å². The zero-order valence-electron chi connectivity index (χ0n) is 12.1. The van der Waals surface area contributed by atoms with E-state index in [1.54, 1.807) is 0 Å². The number of piperidine rings is 2. The molecule has 1 aromatic carbocycles. The first-order valence-corrected chi connectivity index (χ1v) is 7.65. The van der Waals surface area contributed by atoms with Gasteiger partial charge in [-0.05, 0) is 31.2 Å². The Morgan fingerprint density at radius 2 is 1.85 bits per heavy atom. The standard InChI is InChI=1S/C17H23NO2/c1-20-17(19)14-10-15-8-5-9-16(11-14)18(15)12-13-6-3-2-4-7-13/h2-4,6-7,14-16H,5,8-12H2,1H3. The van der Waals surface area contributed by atoms with E-state index >= 15 is 0 Å². The molecule has 2 fully saturated rings. The Bertz CT molecular complexity index is 445. The Balaban J connectivity index is 1.72. The molecule has 2 aliphatic rings. The summed E-state index contributed by atoms with van der Waals surface area (Å²) in [5.41, 5.74) is 1.38. The Morgan fingerprint density at radius 1 is 1.20 bits per heavy atom. The molecule has 3 heteroatoms. The zero-order valence-corrected chi connectivity index (χ0v) is 12.1. The van der Waals surface area contributed by atoms with Gasteiger partial charge < -0.3 is 4.74 Å². The second-order valence-electron chi connectivity index (χ2n) is 6.09. The number of carbonyl (C=O) groups excluding carboxylic acids is 1. The van der Waals surface area contributed by atoms with Crippen LogP contribution >= 0.6 is 0 Å². The maximum absolute atomic E-state index is 11.8. The van der Waals surface area contributed by atoms with Crippen LogP contribution in [0.2, 0.25) is 0 Å². The van der Waals surface area contributed by atoms with Gasteiger partial charge in [0.25, 0.3) is 0 Å². The number of benzene rings is 1. The highest BCUT2D eigenvalue weighted by Crippen LogP contribution is 2.38. The van der Waals surface area contributed by atoms with Gasteiger partial charge in [0.15, 0.2) is 0 Å². The molecule has 2 atom stereocenters. The molecule has 2 unspecified atom stereocenters. The highest BCUT2D eigenvalue weighted by atomic mass is 16.5. The summed E-state index contributed by atoms with van der Waals surface area (Å²) in [5, 5.41) is 0. The molecule has 3 rings (SSSR count). The first-order valence-electron chi connectivity index (χ1n) is 7.65. The van der Waals surface area contributed by atoms with Crippen LogP contribution in [0.3, 0.4) is 0 Å². The predicted octanol–water partition coefficient (Wildman–Crippen LogP) is 2.99. The van der Waals surface area contributed by atoms with Gasteiger partial charge in [-0.3, -0.25) is 9.69 Å². The molecule has 108 valence electrons. The minimum Gasteiger partial charge on any atom is -0.469 e. The number of nitrogens with zero attached hydrogens (tertiary/aromatic N) is 1. The normalized spacial score (nSPS) is 29.9. The predicted molar refractivity (Wildman–Crippen MR) is 78.2 cm³/mol. The summed E-state index contributed by atoms with van der Waals surface area (Å²) in [6, 6.07) is 11.8. The molecule has 0 aliphatic carbocycles. The van der Waals surface area contributed by atoms with Crippen molar-refractivity contribution in [2.24, 2.45) is 5.92 Å². The van der Waals surface area contributed by atoms with E-state index in [1.807, 2.05) is 0 Å². The van der Waals surface area contributed by atoms with E-state index in [0.29, 0.717) is 12.1 Å². The maximum Gasteiger partial charge on any atom is 0.308 e. The summed E-state index contributed by atoms with van der Waals surface area (Å²) in [7, 11) is 1.51. The number of fused-ring (bicyclic) bond motifs is 2. The van der Waals surface area contributed by atoms with Gasteiger partial charge in [0.2, 0.25) is 0 Å². The summed E-state index contributed by atoms with van der Waals surface area (Å²) >= 11 is 0. The topological polar surface area (TPSA) is 29.5 Å². The lowest BCUT2D eigenvalue weighted by atomic mass is 9.78. The SMILES string of the molecule is COC(=O)C1CC2CCCC(C1)N2Cc1ccccc1. The van der Waals surface area contributed by atoms with Crippen LogP contribution in [0, 0.1) is 5.92 Å². The molecule has 2 bridgehead atoms. The number of ether oxygens (including phenoxy) is 1. The van der Waals surface area contributed by atoms with Gasteiger partial charge in [-0.1, -0.05) is 36.8 Å². The second-order valence-corrected chi connectivity index (χ2v) is 6.09. The average Bonchev–Trinajstić information content (AvgIpc) is 2.47. The zero-order chi connectivity index (χ0) is 13.9. The highest BCUT2D eigenvalue weighted by Gasteiger charge is 2.40. The Hall–Kier alpha value is -1.35. The summed E-state index contributed by atoms with van der Waals surface area (Å²) in [6.45, 7) is 1.02. The third kappa shape index (κ3) is 2.73. The molecule has 0 N–H and O–H groups in total. The molecular formula is C17H23NO2. The fraction of sp³-hybridized carbons (Fsp3) is 0.588. The van der Waals surface area contributed by atoms with Crippen LogP contribution in [0.5, 0.6) is 0 Å². The van der Waals surface area contributed by atoms with Crippen molar-refractivity contribution >= 4 is 5.97 Å². The lowest BCUT2D eigenvalue weighted by molar-refractivity contribution is -0.150. The molecular weight excluding hydrogens is 250 g/mol. The number of hydrogen-bond donors (Lipinski definition) is 0. The summed E-state index contributed by atoms with van der Waals surface area (Å²) in [4.78, 5) is 14.4. The summed E-state index contributed by atoms with van der Waals surface area (Å²) in [6.07, 6.45) is 5.67. The fourth-order valence-corrected chi connectivity index (χ4v) is 3.89. The van der Waals surface area contributed by atoms with E-state index in [-0.39, 0.29) is 11.9 Å². The third-order valence-electron chi connectivity index (χ3n) is 4.87. The molecule has 0 spiro atoms. The van der Waals surface area contributed by atoms with E-state index < -0.39 is 0 Å². The van der Waals surface area contributed by atoms with Crippen LogP contribution in [-0.4, -0.2) is 30.1 Å². The van der Waals surface area contributed by atoms with Crippen LogP contribution in [0.1, 0.15) is 37.7 Å². The number of rotatable bonds is 3. The van der Waals surface area contributed by atoms with Crippen molar-refractivity contribution in [2.45, 2.75) is 50.7 Å². The van der Waals surface area contributed by atoms with Gasteiger partial charge in [0, 0.05) is 18.6 Å². The van der Waals surface area contributed by atoms with Crippen LogP contribution in [0.4, 0.5) is 0 Å². The van der Waals surface area contributed by atoms with E-state index in [4.69, 9.17) is 4.74 Å². The van der Waals surface area contributed by atoms with E-state index in [1.165, 1.54) is 31.9 Å². The van der Waals surface area contributed by atoms with Crippen molar-refractivity contribution in [1.29, 1.82) is 0 Å². The molecule has 3 nitrogen and oxygen atoms in total. The molecule has 1 aromatic rings. The van der Waals surface area contributed by atoms with Crippen molar-refractivity contribution < 1.29 is 9.53 Å². The lowest BCUT2D eigenvalue weighted by Gasteiger charge is -2.48. The molecule has 0 amide bonds. The minimum atomic E-state index is -0.0127. The molecule has 2 aliphatic heterocycles. The Morgan fingerprint density at radius 3 is 2.45 bits per heavy atom. The minimum absolute atomic E-state index is 0.0127. The molecule has 2 saturated heterocycles. The van der Waals surface area contributed by atoms with E-state index in [0.717, 1.165) is 19.4 Å². The summed E-state index contributed by atoms with van der Waals surface area (Å²) in [5.74, 6) is 0.101. The fourth-order valence-electron chi connectivity index (χ4n) is 3.89. The monoisotopic (exact) mass is 273 g/mol. The molecule has 20 heavy (non-hydrogen) atoms. The number of methoxy groups -OCH3 is 1. The number of esters is 1. The van der Waals surface area contributed by atoms with Crippen molar-refractivity contribution in [3.63, 3.8) is 0 Å². The van der Waals surface area contributed by atoms with Gasteiger partial charge >= 0.3 is 5.97 Å². The molecule has 0 aromatic heterocycles. The van der Waals surface area contributed by atoms with Crippen LogP contribution in [-0.2, 0) is 16.1 Å². The molecule has 0 saturated carbocycles. The largest absolute Gasteiger partial charge is 0.469 e. The lowest BCUT2D eigenvalue weighted by Crippen LogP contribution is -2.52. The average molecular weight is 273 g/mol. The van der Waals surface area contributed by atoms with Crippen LogP contribution in [0.25, 0.3) is 0 Å². The third-order valence-corrected chi connectivity index (χ3v) is 4.87. The van der Waals surface area contributed by atoms with Gasteiger partial charge in [-0.15, -0.1) is 0 Å². The smallest absolute Gasteiger partial charge is 0.308 e. The Labute approximate surface area is 120 Å². The van der Waals surface area contributed by atoms with Crippen molar-refractivity contribution in [1.82, 2.24) is 4.90 Å². The van der Waals surface area contributed by atoms with E-state index in [2.05, 4.69) is 35.2 Å².